The first-order valence-electron chi connectivity index (χ1n) is 4.87. The summed E-state index contributed by atoms with van der Waals surface area (Å²) in [7, 11) is 0. The molecule has 19 heavy (non-hydrogen) atoms. The van der Waals surface area contributed by atoms with Gasteiger partial charge in [0.2, 0.25) is 11.2 Å². The van der Waals surface area contributed by atoms with Crippen LogP contribution in [0, 0.1) is 0 Å². The van der Waals surface area contributed by atoms with Gasteiger partial charge in [-0.2, -0.15) is 28.1 Å². The van der Waals surface area contributed by atoms with Gasteiger partial charge in [-0.1, -0.05) is 6.07 Å². The molecule has 100 valence electrons. The highest BCUT2D eigenvalue weighted by Gasteiger charge is 2.30. The smallest absolute Gasteiger partial charge is 0.416 e. The highest BCUT2D eigenvalue weighted by atomic mass is 35.5. The fourth-order valence-corrected chi connectivity index (χ4v) is 1.39. The number of hydrogen-bond donors (Lipinski definition) is 1. The Hall–Kier alpha value is -2.09. The predicted molar refractivity (Wildman–Crippen MR) is 60.8 cm³/mol. The maximum atomic E-state index is 12.5. The lowest BCUT2D eigenvalue weighted by atomic mass is 10.2. The molecule has 0 atom stereocenters. The number of benzene rings is 1. The fourth-order valence-electron chi connectivity index (χ4n) is 1.23. The average molecular weight is 291 g/mol. The predicted octanol–water partition coefficient (Wildman–Crippen LogP) is 2.92. The van der Waals surface area contributed by atoms with Crippen molar-refractivity contribution in [2.24, 2.45) is 0 Å². The third kappa shape index (κ3) is 3.44. The molecule has 0 unspecified atom stereocenters. The van der Waals surface area contributed by atoms with Gasteiger partial charge >= 0.3 is 12.2 Å². The van der Waals surface area contributed by atoms with E-state index >= 15 is 0 Å². The van der Waals surface area contributed by atoms with Gasteiger partial charge in [-0.3, -0.25) is 0 Å². The number of nitrogens with two attached hydrogens (primary N) is 1. The van der Waals surface area contributed by atoms with E-state index < -0.39 is 11.7 Å². The molecule has 0 radical (unpaired) electrons. The summed E-state index contributed by atoms with van der Waals surface area (Å²) in [5.41, 5.74) is 4.46. The first-order chi connectivity index (χ1) is 8.84. The Morgan fingerprint density at radius 1 is 1.16 bits per heavy atom. The zero-order valence-electron chi connectivity index (χ0n) is 9.15. The van der Waals surface area contributed by atoms with Gasteiger partial charge in [-0.05, 0) is 29.8 Å². The summed E-state index contributed by atoms with van der Waals surface area (Å²) < 4.78 is 42.5. The van der Waals surface area contributed by atoms with E-state index in [2.05, 4.69) is 15.0 Å². The second kappa shape index (κ2) is 4.88. The molecule has 0 amide bonds. The highest BCUT2D eigenvalue weighted by molar-refractivity contribution is 6.28. The Bertz CT molecular complexity index is 585. The van der Waals surface area contributed by atoms with Gasteiger partial charge in [0.25, 0.3) is 0 Å². The van der Waals surface area contributed by atoms with Crippen molar-refractivity contribution in [3.63, 3.8) is 0 Å². The molecule has 1 aromatic carbocycles. The van der Waals surface area contributed by atoms with Crippen LogP contribution in [-0.2, 0) is 6.18 Å². The first-order valence-corrected chi connectivity index (χ1v) is 5.24. The van der Waals surface area contributed by atoms with Crippen LogP contribution in [0.5, 0.6) is 11.8 Å². The number of aromatic nitrogens is 3. The Labute approximate surface area is 110 Å². The van der Waals surface area contributed by atoms with Crippen molar-refractivity contribution >= 4 is 17.5 Å². The van der Waals surface area contributed by atoms with Crippen LogP contribution < -0.4 is 10.5 Å². The van der Waals surface area contributed by atoms with E-state index in [1.807, 2.05) is 0 Å². The molecule has 2 N–H and O–H groups in total. The molecule has 0 aliphatic heterocycles. The Morgan fingerprint density at radius 2 is 1.89 bits per heavy atom. The quantitative estimate of drug-likeness (QED) is 0.920. The zero-order chi connectivity index (χ0) is 14.0. The number of ether oxygens (including phenoxy) is 1. The lowest BCUT2D eigenvalue weighted by molar-refractivity contribution is -0.137. The van der Waals surface area contributed by atoms with Crippen molar-refractivity contribution in [3.05, 3.63) is 35.1 Å². The summed E-state index contributed by atoms with van der Waals surface area (Å²) >= 11 is 5.52. The van der Waals surface area contributed by atoms with Crippen molar-refractivity contribution in [1.29, 1.82) is 0 Å². The third-order valence-electron chi connectivity index (χ3n) is 1.98. The third-order valence-corrected chi connectivity index (χ3v) is 2.14. The Morgan fingerprint density at radius 3 is 2.53 bits per heavy atom. The largest absolute Gasteiger partial charge is 0.424 e. The minimum Gasteiger partial charge on any atom is -0.424 e. The van der Waals surface area contributed by atoms with Gasteiger partial charge in [0.1, 0.15) is 5.75 Å². The van der Waals surface area contributed by atoms with E-state index in [1.54, 1.807) is 0 Å². The maximum Gasteiger partial charge on any atom is 0.416 e. The van der Waals surface area contributed by atoms with E-state index in [0.29, 0.717) is 0 Å². The molecule has 5 nitrogen and oxygen atoms in total. The lowest BCUT2D eigenvalue weighted by Crippen LogP contribution is -2.05. The number of nitrogens with zero attached hydrogens (tertiary/aromatic N) is 3. The number of rotatable bonds is 2. The fraction of sp³-hybridized carbons (Fsp3) is 0.100. The molecule has 0 fully saturated rings. The minimum atomic E-state index is -4.46. The standard InChI is InChI=1S/C10H6ClF3N4O/c11-7-16-8(15)18-9(17-7)19-6-3-1-2-5(4-6)10(12,13)14/h1-4H,(H2,15,16,17,18). The lowest BCUT2D eigenvalue weighted by Gasteiger charge is -2.09. The second-order valence-electron chi connectivity index (χ2n) is 3.37. The molecule has 0 aliphatic carbocycles. The number of alkyl halides is 3. The van der Waals surface area contributed by atoms with Gasteiger partial charge in [-0.15, -0.1) is 0 Å². The Balaban J connectivity index is 2.28. The molecule has 0 saturated carbocycles. The molecule has 0 bridgehead atoms. The van der Waals surface area contributed by atoms with Crippen LogP contribution in [0.15, 0.2) is 24.3 Å². The van der Waals surface area contributed by atoms with Crippen LogP contribution in [0.25, 0.3) is 0 Å². The average Bonchev–Trinajstić information content (AvgIpc) is 2.26. The van der Waals surface area contributed by atoms with Crippen LogP contribution in [0.3, 0.4) is 0 Å². The summed E-state index contributed by atoms with van der Waals surface area (Å²) in [6.45, 7) is 0. The number of hydrogen-bond acceptors (Lipinski definition) is 5. The SMILES string of the molecule is Nc1nc(Cl)nc(Oc2cccc(C(F)(F)F)c2)n1. The molecule has 0 spiro atoms. The van der Waals surface area contributed by atoms with Crippen molar-refractivity contribution in [1.82, 2.24) is 15.0 Å². The van der Waals surface area contributed by atoms with E-state index in [1.165, 1.54) is 12.1 Å². The van der Waals surface area contributed by atoms with E-state index in [0.717, 1.165) is 12.1 Å². The minimum absolute atomic E-state index is 0.0866. The summed E-state index contributed by atoms with van der Waals surface area (Å²) in [4.78, 5) is 10.7. The number of nitrogen functional groups attached to an aromatic ring is 1. The molecule has 2 aromatic rings. The molecule has 9 heteroatoms. The monoisotopic (exact) mass is 290 g/mol. The van der Waals surface area contributed by atoms with Crippen LogP contribution in [-0.4, -0.2) is 15.0 Å². The Kier molecular flexibility index (Phi) is 3.43. The van der Waals surface area contributed by atoms with E-state index in [-0.39, 0.29) is 23.0 Å². The van der Waals surface area contributed by atoms with Crippen LogP contribution in [0.4, 0.5) is 19.1 Å². The molecule has 2 rings (SSSR count). The summed E-state index contributed by atoms with van der Waals surface area (Å²) in [5.74, 6) is -0.279. The first kappa shape index (κ1) is 13.3. The van der Waals surface area contributed by atoms with E-state index in [4.69, 9.17) is 22.1 Å². The summed E-state index contributed by atoms with van der Waals surface area (Å²) in [6, 6.07) is 3.97. The topological polar surface area (TPSA) is 73.9 Å². The number of halogens is 4. The van der Waals surface area contributed by atoms with Crippen LogP contribution in [0.1, 0.15) is 5.56 Å². The van der Waals surface area contributed by atoms with Crippen molar-refractivity contribution < 1.29 is 17.9 Å². The van der Waals surface area contributed by atoms with Crippen molar-refractivity contribution in [3.8, 4) is 11.8 Å². The summed E-state index contributed by atoms with van der Waals surface area (Å²) in [6.07, 6.45) is -4.46. The van der Waals surface area contributed by atoms with Crippen LogP contribution in [0.2, 0.25) is 5.28 Å². The van der Waals surface area contributed by atoms with Crippen LogP contribution >= 0.6 is 11.6 Å². The molecule has 1 aromatic heterocycles. The number of anilines is 1. The molecule has 1 heterocycles. The molecular formula is C10H6ClF3N4O. The van der Waals surface area contributed by atoms with Crippen molar-refractivity contribution in [2.45, 2.75) is 6.18 Å². The van der Waals surface area contributed by atoms with Gasteiger partial charge in [0.15, 0.2) is 0 Å². The normalized spacial score (nSPS) is 11.4. The molecule has 0 saturated heterocycles. The van der Waals surface area contributed by atoms with E-state index in [9.17, 15) is 13.2 Å². The molecular weight excluding hydrogens is 285 g/mol. The highest BCUT2D eigenvalue weighted by Crippen LogP contribution is 2.32. The van der Waals surface area contributed by atoms with Gasteiger partial charge in [-0.25, -0.2) is 0 Å². The zero-order valence-corrected chi connectivity index (χ0v) is 9.90. The maximum absolute atomic E-state index is 12.5. The summed E-state index contributed by atoms with van der Waals surface area (Å²) in [5, 5.41) is -0.213. The second-order valence-corrected chi connectivity index (χ2v) is 3.71. The molecule has 0 aliphatic rings. The van der Waals surface area contributed by atoms with Gasteiger partial charge < -0.3 is 10.5 Å². The van der Waals surface area contributed by atoms with Gasteiger partial charge in [0, 0.05) is 0 Å². The van der Waals surface area contributed by atoms with Crippen molar-refractivity contribution in [2.75, 3.05) is 5.73 Å². The van der Waals surface area contributed by atoms with Gasteiger partial charge in [0.05, 0.1) is 5.56 Å².